The third kappa shape index (κ3) is 10.4. The number of aromatic hydroxyl groups is 1. The maximum absolute atomic E-state index is 14.2. The van der Waals surface area contributed by atoms with Gasteiger partial charge in [-0.15, -0.1) is 10.2 Å². The summed E-state index contributed by atoms with van der Waals surface area (Å²) < 4.78 is 0. The van der Waals surface area contributed by atoms with E-state index in [0.717, 1.165) is 106 Å². The number of nitrogens with zero attached hydrogens (tertiary/aromatic N) is 8. The first kappa shape index (κ1) is 49.6. The molecule has 0 bridgehead atoms. The number of hydrogen-bond acceptors (Lipinski definition) is 13. The molecule has 16 nitrogen and oxygen atoms in total. The summed E-state index contributed by atoms with van der Waals surface area (Å²) in [7, 11) is 0. The van der Waals surface area contributed by atoms with Gasteiger partial charge in [-0.2, -0.15) is 0 Å². The molecule has 1 spiro atoms. The van der Waals surface area contributed by atoms with Crippen LogP contribution in [0.15, 0.2) is 60.9 Å². The summed E-state index contributed by atoms with van der Waals surface area (Å²) in [5.41, 5.74) is 4.92. The standard InChI is InChI=1S/C55H68ClN11O5/c1-34-24-39(56)12-11-35(34)8-7-19-57-51(71)46-25-42(68)33-67(46)52(72)48(54(2,3)4)61-50(70)37-13-17-55(18-14-37)27-40(28-55)64-20-15-36(16-21-64)38-29-59-53(60-30-38)65-22-23-66-41(32-65)31-58-49-45(66)26-44(62-63-49)43-9-5-6-10-47(43)69/h5-6,9-12,24,26,29-30,36-37,40-42,46,48,68-69H,13-23,25,27-28,31-33H2,1-4H3,(H,57,71)(H,58,63)(H,61,70)/t37-,40-,41-,42+,46-,48+,55?/m0/s1. The van der Waals surface area contributed by atoms with E-state index in [1.54, 1.807) is 18.2 Å². The molecule has 4 aliphatic heterocycles. The van der Waals surface area contributed by atoms with Crippen LogP contribution in [0.3, 0.4) is 0 Å². The normalized spacial score (nSPS) is 25.8. The summed E-state index contributed by atoms with van der Waals surface area (Å²) in [6.45, 7) is 13.0. The van der Waals surface area contributed by atoms with Gasteiger partial charge in [0.25, 0.3) is 0 Å². The number of piperidine rings is 1. The molecule has 2 saturated carbocycles. The molecule has 0 unspecified atom stereocenters. The van der Waals surface area contributed by atoms with Crippen LogP contribution in [0.4, 0.5) is 17.5 Å². The number of nitrogens with one attached hydrogen (secondary N) is 3. The van der Waals surface area contributed by atoms with Gasteiger partial charge in [-0.1, -0.05) is 56.3 Å². The summed E-state index contributed by atoms with van der Waals surface area (Å²) in [6.07, 6.45) is 11.5. The minimum atomic E-state index is -0.861. The van der Waals surface area contributed by atoms with Crippen molar-refractivity contribution < 1.29 is 24.6 Å². The Balaban J connectivity index is 0.664. The van der Waals surface area contributed by atoms with Gasteiger partial charge in [-0.05, 0) is 136 Å². The first-order chi connectivity index (χ1) is 34.6. The van der Waals surface area contributed by atoms with Gasteiger partial charge in [0.1, 0.15) is 17.8 Å². The van der Waals surface area contributed by atoms with E-state index in [9.17, 15) is 24.6 Å². The van der Waals surface area contributed by atoms with Crippen LogP contribution in [0.2, 0.25) is 5.02 Å². The summed E-state index contributed by atoms with van der Waals surface area (Å²) in [6, 6.07) is 13.7. The topological polar surface area (TPSA) is 192 Å². The van der Waals surface area contributed by atoms with Gasteiger partial charge in [0.15, 0.2) is 5.82 Å². The third-order valence-corrected chi connectivity index (χ3v) is 16.7. The van der Waals surface area contributed by atoms with E-state index >= 15 is 0 Å². The number of phenolic OH excluding ortho intramolecular Hbond substituents is 1. The quantitative estimate of drug-likeness (QED) is 0.125. The van der Waals surface area contributed by atoms with Gasteiger partial charge in [0.05, 0.1) is 30.1 Å². The average Bonchev–Trinajstić information content (AvgIpc) is 3.77. The Morgan fingerprint density at radius 3 is 2.40 bits per heavy atom. The lowest BCUT2D eigenvalue weighted by molar-refractivity contribution is -0.145. The lowest BCUT2D eigenvalue weighted by Gasteiger charge is -2.55. The highest BCUT2D eigenvalue weighted by atomic mass is 35.5. The number of rotatable bonds is 9. The number of carbonyl (C=O) groups excluding carboxylic acids is 3. The van der Waals surface area contributed by atoms with Crippen LogP contribution in [0.5, 0.6) is 5.75 Å². The molecule has 4 aromatic rings. The fourth-order valence-corrected chi connectivity index (χ4v) is 12.5. The molecule has 5 fully saturated rings. The van der Waals surface area contributed by atoms with Crippen LogP contribution in [-0.2, 0) is 14.4 Å². The number of phenols is 1. The van der Waals surface area contributed by atoms with Crippen LogP contribution >= 0.6 is 11.6 Å². The van der Waals surface area contributed by atoms with Crippen molar-refractivity contribution in [2.45, 2.75) is 122 Å². The Bertz CT molecular complexity index is 2720. The van der Waals surface area contributed by atoms with Crippen molar-refractivity contribution in [3.8, 4) is 28.8 Å². The van der Waals surface area contributed by atoms with Crippen molar-refractivity contribution in [2.75, 3.05) is 67.5 Å². The zero-order chi connectivity index (χ0) is 50.3. The molecule has 2 aromatic heterocycles. The highest BCUT2D eigenvalue weighted by molar-refractivity contribution is 6.30. The van der Waals surface area contributed by atoms with E-state index < -0.39 is 23.6 Å². The van der Waals surface area contributed by atoms with Gasteiger partial charge in [0.2, 0.25) is 23.7 Å². The molecule has 3 saturated heterocycles. The number of para-hydroxylation sites is 1. The maximum atomic E-state index is 14.2. The highest BCUT2D eigenvalue weighted by Gasteiger charge is 2.50. The van der Waals surface area contributed by atoms with Crippen LogP contribution in [0.1, 0.15) is 101 Å². The number of aromatic nitrogens is 4. The summed E-state index contributed by atoms with van der Waals surface area (Å²) in [5.74, 6) is 7.19. The predicted octanol–water partition coefficient (Wildman–Crippen LogP) is 5.90. The number of amides is 3. The molecule has 17 heteroatoms. The number of hydrogen-bond donors (Lipinski definition) is 5. The molecule has 380 valence electrons. The van der Waals surface area contributed by atoms with Crippen molar-refractivity contribution >= 4 is 46.8 Å². The fourth-order valence-electron chi connectivity index (χ4n) is 12.2. The molecule has 72 heavy (non-hydrogen) atoms. The third-order valence-electron chi connectivity index (χ3n) is 16.5. The Kier molecular flexibility index (Phi) is 14.1. The first-order valence-corrected chi connectivity index (χ1v) is 26.3. The van der Waals surface area contributed by atoms with E-state index in [2.05, 4.69) is 52.7 Å². The summed E-state index contributed by atoms with van der Waals surface area (Å²) >= 11 is 6.07. The number of piperazine rings is 1. The molecule has 0 radical (unpaired) electrons. The van der Waals surface area contributed by atoms with Crippen molar-refractivity contribution in [1.29, 1.82) is 0 Å². The van der Waals surface area contributed by atoms with Crippen LogP contribution in [0.25, 0.3) is 11.3 Å². The SMILES string of the molecule is Cc1cc(Cl)ccc1C#CCNC(=O)[C@@H]1C[C@@H](O)CN1C(=O)[C@@H](NC(=O)[C@H]1CCC2(CC1)C[C@H](N1CCC(c3cnc(N4CCN5c6cc(-c7ccccc7O)nnc6NC[C@H]5C4)nc3)CC1)C2)C(C)(C)C. The number of aliphatic hydroxyl groups excluding tert-OH is 1. The van der Waals surface area contributed by atoms with Crippen molar-refractivity contribution in [1.82, 2.24) is 40.6 Å². The minimum Gasteiger partial charge on any atom is -0.507 e. The van der Waals surface area contributed by atoms with E-state index in [1.165, 1.54) is 23.3 Å². The van der Waals surface area contributed by atoms with Crippen LogP contribution in [0, 0.1) is 35.5 Å². The second-order valence-corrected chi connectivity index (χ2v) is 22.7. The Hall–Kier alpha value is -6.02. The number of fused-ring (bicyclic) bond motifs is 3. The molecule has 10 rings (SSSR count). The smallest absolute Gasteiger partial charge is 0.246 e. The van der Waals surface area contributed by atoms with Crippen LogP contribution in [-0.4, -0.2) is 141 Å². The molecule has 4 atom stereocenters. The second-order valence-electron chi connectivity index (χ2n) is 22.3. The minimum absolute atomic E-state index is 0.0266. The first-order valence-electron chi connectivity index (χ1n) is 25.9. The summed E-state index contributed by atoms with van der Waals surface area (Å²) in [4.78, 5) is 60.2. The molecular formula is C55H68ClN11O5. The fraction of sp³-hybridized carbons (Fsp3) is 0.545. The van der Waals surface area contributed by atoms with E-state index in [1.807, 2.05) is 70.4 Å². The zero-order valence-electron chi connectivity index (χ0n) is 41.9. The van der Waals surface area contributed by atoms with E-state index in [0.29, 0.717) is 28.2 Å². The lowest BCUT2D eigenvalue weighted by Crippen LogP contribution is -2.59. The van der Waals surface area contributed by atoms with Gasteiger partial charge < -0.3 is 45.8 Å². The van der Waals surface area contributed by atoms with E-state index in [-0.39, 0.29) is 60.4 Å². The lowest BCUT2D eigenvalue weighted by atomic mass is 9.56. The molecule has 2 aliphatic carbocycles. The average molecular weight is 999 g/mol. The predicted molar refractivity (Wildman–Crippen MR) is 278 cm³/mol. The number of benzene rings is 2. The molecule has 5 N–H and O–H groups in total. The number of likely N-dealkylation sites (tertiary alicyclic amines) is 2. The van der Waals surface area contributed by atoms with Gasteiger partial charge in [-0.3, -0.25) is 14.4 Å². The Labute approximate surface area is 427 Å². The summed E-state index contributed by atoms with van der Waals surface area (Å²) in [5, 5.41) is 40.0. The zero-order valence-corrected chi connectivity index (χ0v) is 42.7. The highest BCUT2D eigenvalue weighted by Crippen LogP contribution is 2.55. The Morgan fingerprint density at radius 1 is 0.931 bits per heavy atom. The van der Waals surface area contributed by atoms with Crippen molar-refractivity contribution in [3.05, 3.63) is 82.6 Å². The number of aryl methyl sites for hydroxylation is 1. The monoisotopic (exact) mass is 998 g/mol. The van der Waals surface area contributed by atoms with Gasteiger partial charge in [-0.25, -0.2) is 9.97 Å². The Morgan fingerprint density at radius 2 is 1.68 bits per heavy atom. The molecule has 3 amide bonds. The number of carbonyl (C=O) groups is 3. The number of β-amino-alcohol motifs (C(OH)–C–C–N with tert-alkyl or cyclic N) is 1. The van der Waals surface area contributed by atoms with Gasteiger partial charge in [0, 0.05) is 79.6 Å². The van der Waals surface area contributed by atoms with Crippen molar-refractivity contribution in [2.24, 2.45) is 16.7 Å². The van der Waals surface area contributed by atoms with Crippen molar-refractivity contribution in [3.63, 3.8) is 0 Å². The second kappa shape index (κ2) is 20.5. The van der Waals surface area contributed by atoms with E-state index in [4.69, 9.17) is 21.6 Å². The number of aliphatic hydroxyl groups is 1. The molecule has 2 aromatic carbocycles. The number of anilines is 3. The van der Waals surface area contributed by atoms with Gasteiger partial charge >= 0.3 is 0 Å². The largest absolute Gasteiger partial charge is 0.507 e. The molecular weight excluding hydrogens is 930 g/mol. The molecule has 6 aliphatic rings. The number of halogens is 1. The van der Waals surface area contributed by atoms with Crippen LogP contribution < -0.4 is 25.8 Å². The maximum Gasteiger partial charge on any atom is 0.246 e. The molecule has 6 heterocycles.